The molecule has 5 nitrogen and oxygen atoms in total. The average Bonchev–Trinajstić information content (AvgIpc) is 3.08. The summed E-state index contributed by atoms with van der Waals surface area (Å²) in [6.45, 7) is 3.30. The van der Waals surface area contributed by atoms with E-state index in [4.69, 9.17) is 0 Å². The summed E-state index contributed by atoms with van der Waals surface area (Å²) in [6.07, 6.45) is 6.03. The van der Waals surface area contributed by atoms with Crippen molar-refractivity contribution in [1.82, 2.24) is 14.5 Å². The molecule has 1 aliphatic heterocycles. The van der Waals surface area contributed by atoms with E-state index in [-0.39, 0.29) is 11.6 Å². The monoisotopic (exact) mass is 375 g/mol. The highest BCUT2D eigenvalue weighted by Gasteiger charge is 2.21. The molecule has 1 aromatic heterocycles. The molecule has 3 aromatic rings. The number of hydrogen-bond acceptors (Lipinski definition) is 2. The molecule has 2 aromatic carbocycles. The van der Waals surface area contributed by atoms with Gasteiger partial charge in [-0.25, -0.2) is 4.79 Å². The van der Waals surface area contributed by atoms with Crippen LogP contribution in [-0.2, 0) is 6.42 Å². The number of para-hydroxylation sites is 2. The van der Waals surface area contributed by atoms with Gasteiger partial charge in [0.1, 0.15) is 0 Å². The first-order valence-corrected chi connectivity index (χ1v) is 9.94. The van der Waals surface area contributed by atoms with Crippen LogP contribution in [-0.4, -0.2) is 33.4 Å². The van der Waals surface area contributed by atoms with Crippen molar-refractivity contribution >= 4 is 22.6 Å². The van der Waals surface area contributed by atoms with Crippen molar-refractivity contribution in [2.75, 3.05) is 13.1 Å². The van der Waals surface area contributed by atoms with Crippen LogP contribution in [0.4, 0.5) is 0 Å². The number of fused-ring (bicyclic) bond motifs is 1. The van der Waals surface area contributed by atoms with Crippen molar-refractivity contribution in [2.24, 2.45) is 0 Å². The normalized spacial score (nSPS) is 14.3. The SMILES string of the molecule is CCCCc1ccc(C(=O)N2CC=C(n3c(=O)[nH]c4ccccc43)CC2)cc1. The van der Waals surface area contributed by atoms with Gasteiger partial charge in [-0.1, -0.05) is 37.6 Å². The number of hydrogen-bond donors (Lipinski definition) is 1. The van der Waals surface area contributed by atoms with E-state index in [1.807, 2.05) is 47.4 Å². The molecular formula is C23H25N3O2. The van der Waals surface area contributed by atoms with Crippen molar-refractivity contribution in [2.45, 2.75) is 32.6 Å². The second-order valence-corrected chi connectivity index (χ2v) is 7.28. The number of aryl methyl sites for hydroxylation is 1. The van der Waals surface area contributed by atoms with Gasteiger partial charge in [-0.05, 0) is 48.7 Å². The molecule has 1 N–H and O–H groups in total. The number of amides is 1. The Hall–Kier alpha value is -3.08. The Balaban J connectivity index is 1.49. The maximum Gasteiger partial charge on any atom is 0.330 e. The fourth-order valence-corrected chi connectivity index (χ4v) is 3.76. The van der Waals surface area contributed by atoms with E-state index in [1.54, 1.807) is 4.57 Å². The van der Waals surface area contributed by atoms with Gasteiger partial charge in [0.15, 0.2) is 0 Å². The van der Waals surface area contributed by atoms with Crippen molar-refractivity contribution in [3.8, 4) is 0 Å². The molecule has 0 atom stereocenters. The Kier molecular flexibility index (Phi) is 5.15. The molecule has 0 saturated carbocycles. The molecule has 0 aliphatic carbocycles. The van der Waals surface area contributed by atoms with Crippen LogP contribution < -0.4 is 5.69 Å². The van der Waals surface area contributed by atoms with E-state index >= 15 is 0 Å². The molecule has 0 fully saturated rings. The van der Waals surface area contributed by atoms with Crippen LogP contribution in [0.1, 0.15) is 42.1 Å². The van der Waals surface area contributed by atoms with Crippen LogP contribution in [0.5, 0.6) is 0 Å². The van der Waals surface area contributed by atoms with Gasteiger partial charge < -0.3 is 9.88 Å². The molecule has 0 radical (unpaired) electrons. The highest BCUT2D eigenvalue weighted by Crippen LogP contribution is 2.21. The van der Waals surface area contributed by atoms with Crippen molar-refractivity contribution < 1.29 is 4.79 Å². The summed E-state index contributed by atoms with van der Waals surface area (Å²) in [5.74, 6) is 0.0450. The minimum Gasteiger partial charge on any atom is -0.334 e. The number of nitrogens with one attached hydrogen (secondary N) is 1. The van der Waals surface area contributed by atoms with E-state index in [9.17, 15) is 9.59 Å². The predicted molar refractivity (Wildman–Crippen MR) is 112 cm³/mol. The molecule has 0 saturated heterocycles. The Morgan fingerprint density at radius 1 is 1.11 bits per heavy atom. The lowest BCUT2D eigenvalue weighted by Gasteiger charge is -2.27. The van der Waals surface area contributed by atoms with Crippen LogP contribution in [0.3, 0.4) is 0 Å². The van der Waals surface area contributed by atoms with E-state index in [0.717, 1.165) is 28.7 Å². The number of nitrogens with zero attached hydrogens (tertiary/aromatic N) is 2. The fourth-order valence-electron chi connectivity index (χ4n) is 3.76. The summed E-state index contributed by atoms with van der Waals surface area (Å²) in [5.41, 5.74) is 4.52. The number of unbranched alkanes of at least 4 members (excludes halogenated alkanes) is 1. The zero-order valence-electron chi connectivity index (χ0n) is 16.1. The molecule has 144 valence electrons. The predicted octanol–water partition coefficient (Wildman–Crippen LogP) is 4.06. The third-order valence-electron chi connectivity index (χ3n) is 5.37. The molecule has 2 heterocycles. The number of benzene rings is 2. The largest absolute Gasteiger partial charge is 0.334 e. The smallest absolute Gasteiger partial charge is 0.330 e. The number of aromatic amines is 1. The molecule has 0 unspecified atom stereocenters. The zero-order valence-corrected chi connectivity index (χ0v) is 16.1. The van der Waals surface area contributed by atoms with Crippen molar-refractivity contribution in [3.05, 3.63) is 76.2 Å². The average molecular weight is 375 g/mol. The number of H-pyrrole nitrogens is 1. The number of aromatic nitrogens is 2. The number of carbonyl (C=O) groups excluding carboxylic acids is 1. The minimum atomic E-state index is -0.130. The number of carbonyl (C=O) groups is 1. The van der Waals surface area contributed by atoms with Gasteiger partial charge in [0.25, 0.3) is 5.91 Å². The van der Waals surface area contributed by atoms with Crippen LogP contribution >= 0.6 is 0 Å². The fraction of sp³-hybridized carbons (Fsp3) is 0.304. The van der Waals surface area contributed by atoms with E-state index in [0.29, 0.717) is 19.5 Å². The third-order valence-corrected chi connectivity index (χ3v) is 5.37. The van der Waals surface area contributed by atoms with Gasteiger partial charge >= 0.3 is 5.69 Å². The van der Waals surface area contributed by atoms with Gasteiger partial charge in [-0.3, -0.25) is 9.36 Å². The van der Waals surface area contributed by atoms with Crippen LogP contribution in [0.15, 0.2) is 59.4 Å². The van der Waals surface area contributed by atoms with Crippen LogP contribution in [0.25, 0.3) is 16.7 Å². The third kappa shape index (κ3) is 3.52. The molecule has 28 heavy (non-hydrogen) atoms. The molecule has 1 amide bonds. The van der Waals surface area contributed by atoms with Crippen LogP contribution in [0.2, 0.25) is 0 Å². The molecule has 0 spiro atoms. The van der Waals surface area contributed by atoms with Crippen molar-refractivity contribution in [3.63, 3.8) is 0 Å². The summed E-state index contributed by atoms with van der Waals surface area (Å²) in [5, 5.41) is 0. The van der Waals surface area contributed by atoms with E-state index < -0.39 is 0 Å². The summed E-state index contributed by atoms with van der Waals surface area (Å²) in [4.78, 5) is 29.9. The summed E-state index contributed by atoms with van der Waals surface area (Å²) in [6, 6.07) is 15.6. The lowest BCUT2D eigenvalue weighted by atomic mass is 10.1. The van der Waals surface area contributed by atoms with Gasteiger partial charge in [0, 0.05) is 30.8 Å². The maximum atomic E-state index is 12.8. The lowest BCUT2D eigenvalue weighted by Crippen LogP contribution is -2.36. The molecule has 5 heteroatoms. The first-order chi connectivity index (χ1) is 13.7. The first-order valence-electron chi connectivity index (χ1n) is 9.94. The lowest BCUT2D eigenvalue weighted by molar-refractivity contribution is 0.0772. The summed E-state index contributed by atoms with van der Waals surface area (Å²) >= 11 is 0. The molecule has 0 bridgehead atoms. The Morgan fingerprint density at radius 2 is 1.89 bits per heavy atom. The van der Waals surface area contributed by atoms with E-state index in [1.165, 1.54) is 18.4 Å². The van der Waals surface area contributed by atoms with Gasteiger partial charge in [0.05, 0.1) is 11.0 Å². The maximum absolute atomic E-state index is 12.8. The quantitative estimate of drug-likeness (QED) is 0.731. The number of rotatable bonds is 5. The number of imidazole rings is 1. The minimum absolute atomic E-state index is 0.0450. The standard InChI is InChI=1S/C23H25N3O2/c1-2-3-6-17-9-11-18(12-10-17)22(27)25-15-13-19(14-16-25)26-21-8-5-4-7-20(21)24-23(26)28/h4-5,7-13H,2-3,6,14-16H2,1H3,(H,24,28). The zero-order chi connectivity index (χ0) is 19.5. The first kappa shape index (κ1) is 18.3. The molecular weight excluding hydrogens is 350 g/mol. The Labute approximate surface area is 164 Å². The molecule has 1 aliphatic rings. The van der Waals surface area contributed by atoms with E-state index in [2.05, 4.69) is 24.0 Å². The highest BCUT2D eigenvalue weighted by atomic mass is 16.2. The highest BCUT2D eigenvalue weighted by molar-refractivity contribution is 5.94. The van der Waals surface area contributed by atoms with Gasteiger partial charge in [-0.15, -0.1) is 0 Å². The second kappa shape index (κ2) is 7.89. The van der Waals surface area contributed by atoms with Gasteiger partial charge in [0.2, 0.25) is 0 Å². The molecule has 4 rings (SSSR count). The summed E-state index contributed by atoms with van der Waals surface area (Å²) < 4.78 is 1.72. The van der Waals surface area contributed by atoms with Crippen LogP contribution in [0, 0.1) is 0 Å². The van der Waals surface area contributed by atoms with Gasteiger partial charge in [-0.2, -0.15) is 0 Å². The van der Waals surface area contributed by atoms with Crippen molar-refractivity contribution in [1.29, 1.82) is 0 Å². The summed E-state index contributed by atoms with van der Waals surface area (Å²) in [7, 11) is 0. The Bertz CT molecular complexity index is 1070. The topological polar surface area (TPSA) is 58.1 Å². The second-order valence-electron chi connectivity index (χ2n) is 7.28. The Morgan fingerprint density at radius 3 is 2.61 bits per heavy atom.